The van der Waals surface area contributed by atoms with Crippen molar-refractivity contribution in [3.05, 3.63) is 35.1 Å². The van der Waals surface area contributed by atoms with Crippen molar-refractivity contribution in [1.29, 1.82) is 0 Å². The number of pyridine rings is 1. The fourth-order valence-electron chi connectivity index (χ4n) is 2.04. The number of hydrogen-bond donors (Lipinski definition) is 1. The first-order valence-corrected chi connectivity index (χ1v) is 6.20. The second kappa shape index (κ2) is 5.06. The molecule has 2 aromatic rings. The Morgan fingerprint density at radius 2 is 2.10 bits per heavy atom. The molecule has 0 aliphatic carbocycles. The molecule has 0 unspecified atom stereocenters. The molecule has 0 saturated carbocycles. The summed E-state index contributed by atoms with van der Waals surface area (Å²) in [4.78, 5) is 15.3. The average Bonchev–Trinajstić information content (AvgIpc) is 2.44. The number of carbonyl (C=O) groups is 1. The van der Waals surface area contributed by atoms with Gasteiger partial charge in [-0.2, -0.15) is 0 Å². The Morgan fingerprint density at radius 1 is 1.43 bits per heavy atom. The van der Waals surface area contributed by atoms with Crippen LogP contribution in [0.1, 0.15) is 29.8 Å². The van der Waals surface area contributed by atoms with Crippen molar-refractivity contribution in [2.45, 2.75) is 19.3 Å². The summed E-state index contributed by atoms with van der Waals surface area (Å²) in [5.41, 5.74) is -0.154. The van der Waals surface area contributed by atoms with Gasteiger partial charge in [0.15, 0.2) is 0 Å². The molecule has 0 fully saturated rings. The summed E-state index contributed by atoms with van der Waals surface area (Å²) in [6, 6.07) is 4.10. The van der Waals surface area contributed by atoms with Gasteiger partial charge in [0.05, 0.1) is 18.0 Å². The lowest BCUT2D eigenvalue weighted by molar-refractivity contribution is 0.0692. The molecule has 0 amide bonds. The quantitative estimate of drug-likeness (QED) is 0.882. The maximum atomic E-state index is 14.2. The topological polar surface area (TPSA) is 59.4 Å². The molecule has 0 atom stereocenters. The number of nitrogens with zero attached hydrogens (tertiary/aromatic N) is 1. The minimum absolute atomic E-state index is 0.0222. The molecule has 1 N–H and O–H groups in total. The molecule has 108 valence electrons. The van der Waals surface area contributed by atoms with Crippen LogP contribution in [0.5, 0.6) is 5.88 Å². The number of rotatable bonds is 3. The number of methoxy groups -OCH3 is 1. The molecule has 0 aliphatic rings. The summed E-state index contributed by atoms with van der Waals surface area (Å²) in [7, 11) is 1.33. The van der Waals surface area contributed by atoms with Gasteiger partial charge in [-0.15, -0.1) is 6.42 Å². The number of halogens is 1. The highest BCUT2D eigenvalue weighted by molar-refractivity contribution is 5.95. The van der Waals surface area contributed by atoms with E-state index in [0.717, 1.165) is 0 Å². The number of fused-ring (bicyclic) bond motifs is 1. The van der Waals surface area contributed by atoms with Gasteiger partial charge >= 0.3 is 5.97 Å². The van der Waals surface area contributed by atoms with Crippen molar-refractivity contribution in [2.75, 3.05) is 7.11 Å². The van der Waals surface area contributed by atoms with Crippen molar-refractivity contribution in [3.8, 4) is 18.2 Å². The van der Waals surface area contributed by atoms with Gasteiger partial charge in [0.2, 0.25) is 5.88 Å². The summed E-state index contributed by atoms with van der Waals surface area (Å²) < 4.78 is 19.2. The van der Waals surface area contributed by atoms with Gasteiger partial charge in [0.25, 0.3) is 0 Å². The summed E-state index contributed by atoms with van der Waals surface area (Å²) in [6.07, 6.45) is 5.43. The summed E-state index contributed by atoms with van der Waals surface area (Å²) in [5.74, 6) is 0.829. The molecule has 21 heavy (non-hydrogen) atoms. The van der Waals surface area contributed by atoms with Gasteiger partial charge in [-0.1, -0.05) is 5.92 Å². The molecule has 0 aliphatic heterocycles. The molecule has 4 nitrogen and oxygen atoms in total. The van der Waals surface area contributed by atoms with Gasteiger partial charge in [-0.05, 0) is 32.0 Å². The molecule has 0 bridgehead atoms. The standard InChI is InChI=1S/C16H14FNO3/c1-5-16(2,3)11-8-13-9(7-12(11)17)6-10(15(19)20)14(18-13)21-4/h1,6-8H,2-4H3,(H,19,20). The second-order valence-electron chi connectivity index (χ2n) is 5.14. The van der Waals surface area contributed by atoms with Gasteiger partial charge in [0, 0.05) is 10.9 Å². The van der Waals surface area contributed by atoms with Crippen LogP contribution in [-0.4, -0.2) is 23.2 Å². The van der Waals surface area contributed by atoms with Crippen molar-refractivity contribution in [3.63, 3.8) is 0 Å². The Kier molecular flexibility index (Phi) is 3.56. The Labute approximate surface area is 121 Å². The van der Waals surface area contributed by atoms with Crippen LogP contribution in [0.2, 0.25) is 0 Å². The second-order valence-corrected chi connectivity index (χ2v) is 5.14. The van der Waals surface area contributed by atoms with Crippen molar-refractivity contribution < 1.29 is 19.0 Å². The predicted molar refractivity (Wildman–Crippen MR) is 77.1 cm³/mol. The predicted octanol–water partition coefficient (Wildman–Crippen LogP) is 2.99. The van der Waals surface area contributed by atoms with Crippen LogP contribution in [0.15, 0.2) is 18.2 Å². The lowest BCUT2D eigenvalue weighted by Gasteiger charge is -2.19. The zero-order valence-electron chi connectivity index (χ0n) is 11.9. The van der Waals surface area contributed by atoms with E-state index in [2.05, 4.69) is 10.9 Å². The molecule has 0 radical (unpaired) electrons. The first-order valence-electron chi connectivity index (χ1n) is 6.20. The molecule has 5 heteroatoms. The largest absolute Gasteiger partial charge is 0.480 e. The molecular weight excluding hydrogens is 273 g/mol. The maximum Gasteiger partial charge on any atom is 0.341 e. The van der Waals surface area contributed by atoms with Crippen LogP contribution in [0, 0.1) is 18.2 Å². The van der Waals surface area contributed by atoms with Crippen molar-refractivity contribution in [2.24, 2.45) is 0 Å². The number of carboxylic acid groups (broad SMARTS) is 1. The lowest BCUT2D eigenvalue weighted by Crippen LogP contribution is -2.16. The summed E-state index contributed by atoms with van der Waals surface area (Å²) >= 11 is 0. The van der Waals surface area contributed by atoms with Crippen LogP contribution >= 0.6 is 0 Å². The smallest absolute Gasteiger partial charge is 0.341 e. The number of carboxylic acids is 1. The fraction of sp³-hybridized carbons (Fsp3) is 0.250. The van der Waals surface area contributed by atoms with E-state index in [1.54, 1.807) is 13.8 Å². The van der Waals surface area contributed by atoms with E-state index in [-0.39, 0.29) is 11.4 Å². The molecule has 1 aromatic heterocycles. The number of aromatic carboxylic acids is 1. The first kappa shape index (κ1) is 14.8. The summed E-state index contributed by atoms with van der Waals surface area (Å²) in [5, 5.41) is 9.48. The minimum Gasteiger partial charge on any atom is -0.480 e. The normalized spacial score (nSPS) is 11.2. The SMILES string of the molecule is C#CC(C)(C)c1cc2nc(OC)c(C(=O)O)cc2cc1F. The maximum absolute atomic E-state index is 14.2. The third kappa shape index (κ3) is 2.52. The van der Waals surface area contributed by atoms with E-state index in [4.69, 9.17) is 16.3 Å². The van der Waals surface area contributed by atoms with E-state index in [1.807, 2.05) is 0 Å². The van der Waals surface area contributed by atoms with E-state index in [0.29, 0.717) is 16.5 Å². The molecule has 0 saturated heterocycles. The van der Waals surface area contributed by atoms with Crippen molar-refractivity contribution in [1.82, 2.24) is 4.98 Å². The minimum atomic E-state index is -1.19. The number of hydrogen-bond acceptors (Lipinski definition) is 3. The van der Waals surface area contributed by atoms with Crippen LogP contribution in [-0.2, 0) is 5.41 Å². The molecular formula is C16H14FNO3. The number of benzene rings is 1. The average molecular weight is 287 g/mol. The fourth-order valence-corrected chi connectivity index (χ4v) is 2.04. The van der Waals surface area contributed by atoms with Crippen LogP contribution in [0.3, 0.4) is 0 Å². The van der Waals surface area contributed by atoms with E-state index in [9.17, 15) is 9.18 Å². The van der Waals surface area contributed by atoms with E-state index >= 15 is 0 Å². The Morgan fingerprint density at radius 3 is 2.62 bits per heavy atom. The number of terminal acetylenes is 1. The van der Waals surface area contributed by atoms with Gasteiger partial charge < -0.3 is 9.84 Å². The number of aromatic nitrogens is 1. The Balaban J connectivity index is 2.78. The first-order chi connectivity index (χ1) is 9.80. The van der Waals surface area contributed by atoms with E-state index < -0.39 is 17.2 Å². The molecule has 2 rings (SSSR count). The number of ether oxygens (including phenoxy) is 1. The Hall–Kier alpha value is -2.61. The Bertz CT molecular complexity index is 775. The van der Waals surface area contributed by atoms with Crippen molar-refractivity contribution >= 4 is 16.9 Å². The zero-order chi connectivity index (χ0) is 15.8. The molecule has 0 spiro atoms. The van der Waals surface area contributed by atoms with Crippen LogP contribution < -0.4 is 4.74 Å². The third-order valence-corrected chi connectivity index (χ3v) is 3.33. The van der Waals surface area contributed by atoms with E-state index in [1.165, 1.54) is 25.3 Å². The van der Waals surface area contributed by atoms with Crippen LogP contribution in [0.25, 0.3) is 10.9 Å². The highest BCUT2D eigenvalue weighted by Crippen LogP contribution is 2.30. The highest BCUT2D eigenvalue weighted by atomic mass is 19.1. The molecule has 1 aromatic carbocycles. The third-order valence-electron chi connectivity index (χ3n) is 3.33. The van der Waals surface area contributed by atoms with Gasteiger partial charge in [-0.3, -0.25) is 0 Å². The molecule has 1 heterocycles. The lowest BCUT2D eigenvalue weighted by atomic mass is 9.84. The highest BCUT2D eigenvalue weighted by Gasteiger charge is 2.23. The summed E-state index contributed by atoms with van der Waals surface area (Å²) in [6.45, 7) is 3.44. The van der Waals surface area contributed by atoms with Gasteiger partial charge in [0.1, 0.15) is 11.4 Å². The van der Waals surface area contributed by atoms with Crippen LogP contribution in [0.4, 0.5) is 4.39 Å². The van der Waals surface area contributed by atoms with Gasteiger partial charge in [-0.25, -0.2) is 14.2 Å². The zero-order valence-corrected chi connectivity index (χ0v) is 11.9. The monoisotopic (exact) mass is 287 g/mol.